The lowest BCUT2D eigenvalue weighted by Gasteiger charge is -2.35. The van der Waals surface area contributed by atoms with Crippen LogP contribution < -0.4 is 4.90 Å². The average Bonchev–Trinajstić information content (AvgIpc) is 3.21. The SMILES string of the molecule is O=C(CC1=N[C@@]2(c3cc(Br)ccc3F)CN(c3ncc(F)cn3)C[C@H]2CS1)c1ccccc1. The monoisotopic (exact) mass is 528 g/mol. The molecular weight excluding hydrogens is 510 g/mol. The number of Topliss-reactive ketones (excluding diaryl/α,β-unsaturated/α-hetero) is 1. The Morgan fingerprint density at radius 2 is 1.91 bits per heavy atom. The molecule has 1 saturated heterocycles. The second kappa shape index (κ2) is 8.95. The Kier molecular flexibility index (Phi) is 6.01. The predicted octanol–water partition coefficient (Wildman–Crippen LogP) is 5.27. The molecule has 2 atom stereocenters. The van der Waals surface area contributed by atoms with Crippen molar-refractivity contribution in [3.63, 3.8) is 0 Å². The number of thioether (sulfide) groups is 1. The largest absolute Gasteiger partial charge is 0.338 e. The number of anilines is 1. The van der Waals surface area contributed by atoms with Gasteiger partial charge in [0.1, 0.15) is 11.4 Å². The maximum Gasteiger partial charge on any atom is 0.225 e. The number of halogens is 3. The van der Waals surface area contributed by atoms with Crippen LogP contribution >= 0.6 is 27.7 Å². The summed E-state index contributed by atoms with van der Waals surface area (Å²) in [6.45, 7) is 0.883. The van der Waals surface area contributed by atoms with E-state index in [4.69, 9.17) is 4.99 Å². The second-order valence-electron chi connectivity index (χ2n) is 8.11. The summed E-state index contributed by atoms with van der Waals surface area (Å²) in [4.78, 5) is 28.0. The third-order valence-electron chi connectivity index (χ3n) is 6.02. The number of nitrogens with zero attached hydrogens (tertiary/aromatic N) is 4. The number of aliphatic imine (C=N–C) groups is 1. The van der Waals surface area contributed by atoms with E-state index in [0.717, 1.165) is 16.9 Å². The zero-order chi connectivity index (χ0) is 23.0. The summed E-state index contributed by atoms with van der Waals surface area (Å²) >= 11 is 4.99. The van der Waals surface area contributed by atoms with Crippen molar-refractivity contribution in [3.05, 3.63) is 88.2 Å². The molecular formula is C24H19BrF2N4OS. The lowest BCUT2D eigenvalue weighted by atomic mass is 9.81. The van der Waals surface area contributed by atoms with Gasteiger partial charge in [-0.1, -0.05) is 46.3 Å². The Labute approximate surface area is 202 Å². The Morgan fingerprint density at radius 3 is 2.67 bits per heavy atom. The van der Waals surface area contributed by atoms with Gasteiger partial charge < -0.3 is 4.90 Å². The second-order valence-corrected chi connectivity index (χ2v) is 10.1. The van der Waals surface area contributed by atoms with Crippen molar-refractivity contribution in [3.8, 4) is 0 Å². The van der Waals surface area contributed by atoms with Gasteiger partial charge in [0.2, 0.25) is 5.95 Å². The molecule has 0 N–H and O–H groups in total. The first kappa shape index (κ1) is 22.2. The lowest BCUT2D eigenvalue weighted by Crippen LogP contribution is -2.39. The highest BCUT2D eigenvalue weighted by Crippen LogP contribution is 2.48. The molecule has 0 bridgehead atoms. The molecule has 0 unspecified atom stereocenters. The fourth-order valence-electron chi connectivity index (χ4n) is 4.44. The van der Waals surface area contributed by atoms with Crippen molar-refractivity contribution < 1.29 is 13.6 Å². The summed E-state index contributed by atoms with van der Waals surface area (Å²) in [5.74, 6) is 0.123. The summed E-state index contributed by atoms with van der Waals surface area (Å²) in [7, 11) is 0. The predicted molar refractivity (Wildman–Crippen MR) is 129 cm³/mol. The van der Waals surface area contributed by atoms with Gasteiger partial charge in [-0.25, -0.2) is 18.7 Å². The zero-order valence-corrected chi connectivity index (χ0v) is 19.8. The van der Waals surface area contributed by atoms with Gasteiger partial charge in [-0.05, 0) is 18.2 Å². The fraction of sp³-hybridized carbons (Fsp3) is 0.250. The molecule has 9 heteroatoms. The molecule has 3 aromatic rings. The van der Waals surface area contributed by atoms with E-state index in [2.05, 4.69) is 25.9 Å². The molecule has 0 saturated carbocycles. The van der Waals surface area contributed by atoms with Crippen molar-refractivity contribution in [1.82, 2.24) is 9.97 Å². The minimum atomic E-state index is -0.900. The van der Waals surface area contributed by atoms with Crippen LogP contribution in [0.3, 0.4) is 0 Å². The molecule has 33 heavy (non-hydrogen) atoms. The molecule has 0 aliphatic carbocycles. The highest BCUT2D eigenvalue weighted by atomic mass is 79.9. The van der Waals surface area contributed by atoms with Crippen LogP contribution in [0.2, 0.25) is 0 Å². The number of hydrogen-bond donors (Lipinski definition) is 0. The molecule has 2 aromatic carbocycles. The number of benzene rings is 2. The Morgan fingerprint density at radius 1 is 1.15 bits per heavy atom. The number of aromatic nitrogens is 2. The first-order valence-corrected chi connectivity index (χ1v) is 12.2. The van der Waals surface area contributed by atoms with E-state index in [9.17, 15) is 9.18 Å². The molecule has 5 nitrogen and oxygen atoms in total. The molecule has 2 aliphatic heterocycles. The fourth-order valence-corrected chi connectivity index (χ4v) is 6.04. The van der Waals surface area contributed by atoms with Crippen molar-refractivity contribution in [2.24, 2.45) is 10.9 Å². The number of ketones is 1. The summed E-state index contributed by atoms with van der Waals surface area (Å²) in [6, 6.07) is 13.9. The summed E-state index contributed by atoms with van der Waals surface area (Å²) in [5, 5.41) is 0.682. The molecule has 0 amide bonds. The van der Waals surface area contributed by atoms with Gasteiger partial charge in [-0.3, -0.25) is 9.79 Å². The highest BCUT2D eigenvalue weighted by molar-refractivity contribution is 9.10. The van der Waals surface area contributed by atoms with Crippen LogP contribution in [-0.2, 0) is 5.54 Å². The van der Waals surface area contributed by atoms with Gasteiger partial charge in [0.05, 0.1) is 30.4 Å². The summed E-state index contributed by atoms with van der Waals surface area (Å²) in [6.07, 6.45) is 2.41. The maximum atomic E-state index is 15.2. The topological polar surface area (TPSA) is 58.5 Å². The number of rotatable bonds is 5. The van der Waals surface area contributed by atoms with Gasteiger partial charge in [0, 0.05) is 33.8 Å². The minimum Gasteiger partial charge on any atom is -0.338 e. The third kappa shape index (κ3) is 4.31. The molecule has 0 spiro atoms. The number of hydrogen-bond acceptors (Lipinski definition) is 6. The van der Waals surface area contributed by atoms with Crippen LogP contribution in [0, 0.1) is 17.6 Å². The van der Waals surface area contributed by atoms with Crippen LogP contribution in [0.4, 0.5) is 14.7 Å². The summed E-state index contributed by atoms with van der Waals surface area (Å²) in [5.41, 5.74) is 0.193. The van der Waals surface area contributed by atoms with E-state index >= 15 is 4.39 Å². The van der Waals surface area contributed by atoms with Crippen LogP contribution in [0.5, 0.6) is 0 Å². The molecule has 3 heterocycles. The Bertz CT molecular complexity index is 1220. The quantitative estimate of drug-likeness (QED) is 0.422. The normalized spacial score (nSPS) is 22.1. The molecule has 5 rings (SSSR count). The summed E-state index contributed by atoms with van der Waals surface area (Å²) < 4.78 is 29.3. The highest BCUT2D eigenvalue weighted by Gasteiger charge is 2.52. The molecule has 168 valence electrons. The third-order valence-corrected chi connectivity index (χ3v) is 7.65. The Balaban J connectivity index is 1.54. The van der Waals surface area contributed by atoms with Gasteiger partial charge >= 0.3 is 0 Å². The minimum absolute atomic E-state index is 0.0260. The standard InChI is InChI=1S/C24H19BrF2N4OS/c25-17-6-7-20(27)19(8-17)24-14-31(23-28-10-18(26)11-29-23)12-16(24)13-33-22(30-24)9-21(32)15-4-2-1-3-5-15/h1-8,10-11,16H,9,12-14H2/t16-,24-/m0/s1. The van der Waals surface area contributed by atoms with Crippen molar-refractivity contribution >= 4 is 44.5 Å². The molecule has 0 radical (unpaired) electrons. The van der Waals surface area contributed by atoms with Gasteiger partial charge in [0.15, 0.2) is 11.6 Å². The van der Waals surface area contributed by atoms with Crippen LogP contribution in [0.1, 0.15) is 22.3 Å². The van der Waals surface area contributed by atoms with Gasteiger partial charge in [-0.15, -0.1) is 11.8 Å². The van der Waals surface area contributed by atoms with Crippen LogP contribution in [0.25, 0.3) is 0 Å². The van der Waals surface area contributed by atoms with Crippen molar-refractivity contribution in [2.75, 3.05) is 23.7 Å². The molecule has 1 aromatic heterocycles. The number of fused-ring (bicyclic) bond motifs is 1. The van der Waals surface area contributed by atoms with E-state index in [1.54, 1.807) is 24.3 Å². The molecule has 2 aliphatic rings. The van der Waals surface area contributed by atoms with Gasteiger partial charge in [0.25, 0.3) is 0 Å². The average molecular weight is 529 g/mol. The number of carbonyl (C=O) groups is 1. The van der Waals surface area contributed by atoms with E-state index < -0.39 is 11.4 Å². The number of carbonyl (C=O) groups excluding carboxylic acids is 1. The first-order valence-electron chi connectivity index (χ1n) is 10.4. The van der Waals surface area contributed by atoms with Crippen LogP contribution in [0.15, 0.2) is 70.4 Å². The van der Waals surface area contributed by atoms with E-state index in [0.29, 0.717) is 41.0 Å². The maximum absolute atomic E-state index is 15.2. The van der Waals surface area contributed by atoms with Gasteiger partial charge in [-0.2, -0.15) is 0 Å². The first-order chi connectivity index (χ1) is 15.9. The smallest absolute Gasteiger partial charge is 0.225 e. The lowest BCUT2D eigenvalue weighted by molar-refractivity contribution is 0.100. The van der Waals surface area contributed by atoms with E-state index in [-0.39, 0.29) is 23.9 Å². The van der Waals surface area contributed by atoms with Crippen LogP contribution in [-0.4, -0.2) is 39.6 Å². The molecule has 1 fully saturated rings. The van der Waals surface area contributed by atoms with Crippen molar-refractivity contribution in [2.45, 2.75) is 12.0 Å². The van der Waals surface area contributed by atoms with E-state index in [1.807, 2.05) is 23.1 Å². The van der Waals surface area contributed by atoms with E-state index in [1.165, 1.54) is 17.8 Å². The van der Waals surface area contributed by atoms with Crippen molar-refractivity contribution in [1.29, 1.82) is 0 Å². The Hall–Kier alpha value is -2.65. The zero-order valence-electron chi connectivity index (χ0n) is 17.4.